The molecule has 10 nitrogen and oxygen atoms in total. The fourth-order valence-corrected chi connectivity index (χ4v) is 4.63. The summed E-state index contributed by atoms with van der Waals surface area (Å²) in [6, 6.07) is 11.0. The zero-order valence-corrected chi connectivity index (χ0v) is 21.6. The van der Waals surface area contributed by atoms with Crippen molar-refractivity contribution in [1.82, 2.24) is 25.3 Å². The number of aromatic nitrogens is 4. The largest absolute Gasteiger partial charge is 0.489 e. The highest BCUT2D eigenvalue weighted by Crippen LogP contribution is 2.30. The SMILES string of the molecule is Cc1nc(-c2nnn(C)c2CNC(=O)OCCc2ccccc2Cl)ccc1O[C@H]1CCC[C@H](C(=O)O)C1. The molecule has 1 fully saturated rings. The molecule has 0 bridgehead atoms. The number of aryl methyl sites for hydroxylation is 2. The number of halogens is 1. The Morgan fingerprint density at radius 1 is 1.22 bits per heavy atom. The Balaban J connectivity index is 1.35. The maximum atomic E-state index is 12.2. The Morgan fingerprint density at radius 2 is 2.03 bits per heavy atom. The molecule has 2 atom stereocenters. The first-order valence-corrected chi connectivity index (χ1v) is 12.6. The summed E-state index contributed by atoms with van der Waals surface area (Å²) >= 11 is 6.14. The maximum absolute atomic E-state index is 12.2. The molecular weight excluding hydrogens is 498 g/mol. The first-order valence-electron chi connectivity index (χ1n) is 12.2. The average Bonchev–Trinajstić information content (AvgIpc) is 3.25. The quantitative estimate of drug-likeness (QED) is 0.420. The average molecular weight is 528 g/mol. The minimum absolute atomic E-state index is 0.151. The van der Waals surface area contributed by atoms with Crippen molar-refractivity contribution in [3.8, 4) is 17.1 Å². The summed E-state index contributed by atoms with van der Waals surface area (Å²) in [5, 5.41) is 21.0. The summed E-state index contributed by atoms with van der Waals surface area (Å²) in [7, 11) is 1.74. The lowest BCUT2D eigenvalue weighted by Crippen LogP contribution is -2.29. The van der Waals surface area contributed by atoms with Crippen LogP contribution in [-0.4, -0.2) is 49.9 Å². The number of pyridine rings is 1. The van der Waals surface area contributed by atoms with Crippen LogP contribution in [0.1, 0.15) is 42.6 Å². The van der Waals surface area contributed by atoms with E-state index in [-0.39, 0.29) is 25.2 Å². The van der Waals surface area contributed by atoms with E-state index in [2.05, 4.69) is 20.6 Å². The molecule has 2 N–H and O–H groups in total. The summed E-state index contributed by atoms with van der Waals surface area (Å²) in [6.07, 6.45) is 2.63. The molecular formula is C26H30ClN5O5. The molecule has 0 saturated heterocycles. The van der Waals surface area contributed by atoms with Gasteiger partial charge in [0, 0.05) is 18.5 Å². The molecule has 1 aliphatic rings. The van der Waals surface area contributed by atoms with Crippen molar-refractivity contribution in [2.75, 3.05) is 6.61 Å². The van der Waals surface area contributed by atoms with Crippen molar-refractivity contribution < 1.29 is 24.2 Å². The van der Waals surface area contributed by atoms with Gasteiger partial charge in [-0.1, -0.05) is 35.0 Å². The van der Waals surface area contributed by atoms with Gasteiger partial charge < -0.3 is 19.9 Å². The van der Waals surface area contributed by atoms with Gasteiger partial charge in [-0.3, -0.25) is 4.79 Å². The lowest BCUT2D eigenvalue weighted by atomic mass is 9.87. The van der Waals surface area contributed by atoms with Gasteiger partial charge in [0.1, 0.15) is 11.4 Å². The molecule has 1 aromatic carbocycles. The predicted molar refractivity (Wildman–Crippen MR) is 136 cm³/mol. The molecule has 196 valence electrons. The molecule has 3 aromatic rings. The van der Waals surface area contributed by atoms with Crippen LogP contribution in [0, 0.1) is 12.8 Å². The number of carboxylic acid groups (broad SMARTS) is 1. The standard InChI is InChI=1S/C26H30ClN5O5/c1-16-23(37-19-8-5-7-18(14-19)25(33)34)11-10-21(29-16)24-22(32(2)31-30-24)15-28-26(35)36-13-12-17-6-3-4-9-20(17)27/h3-4,6,9-11,18-19H,5,7-8,12-15H2,1-2H3,(H,28,35)(H,33,34)/t18-,19-/m0/s1. The van der Waals surface area contributed by atoms with Crippen LogP contribution in [0.4, 0.5) is 4.79 Å². The second-order valence-corrected chi connectivity index (χ2v) is 9.47. The topological polar surface area (TPSA) is 128 Å². The Bertz CT molecular complexity index is 1260. The summed E-state index contributed by atoms with van der Waals surface area (Å²) in [6.45, 7) is 2.19. The molecule has 4 rings (SSSR count). The fourth-order valence-electron chi connectivity index (χ4n) is 4.40. The van der Waals surface area contributed by atoms with E-state index >= 15 is 0 Å². The lowest BCUT2D eigenvalue weighted by Gasteiger charge is -2.27. The van der Waals surface area contributed by atoms with Gasteiger partial charge in [-0.25, -0.2) is 14.5 Å². The maximum Gasteiger partial charge on any atom is 0.407 e. The molecule has 0 spiro atoms. The van der Waals surface area contributed by atoms with Gasteiger partial charge in [-0.15, -0.1) is 5.10 Å². The smallest absolute Gasteiger partial charge is 0.407 e. The summed E-state index contributed by atoms with van der Waals surface area (Å²) < 4.78 is 13.0. The first kappa shape index (κ1) is 26.4. The highest BCUT2D eigenvalue weighted by molar-refractivity contribution is 6.31. The van der Waals surface area contributed by atoms with Crippen molar-refractivity contribution >= 4 is 23.7 Å². The van der Waals surface area contributed by atoms with Crippen LogP contribution >= 0.6 is 11.6 Å². The number of carboxylic acids is 1. The molecule has 2 aromatic heterocycles. The first-order chi connectivity index (χ1) is 17.8. The summed E-state index contributed by atoms with van der Waals surface area (Å²) in [5.74, 6) is -0.527. The molecule has 11 heteroatoms. The Kier molecular flexibility index (Phi) is 8.60. The van der Waals surface area contributed by atoms with Gasteiger partial charge in [-0.2, -0.15) is 0 Å². The van der Waals surface area contributed by atoms with E-state index in [1.807, 2.05) is 31.2 Å². The van der Waals surface area contributed by atoms with Crippen molar-refractivity contribution in [2.24, 2.45) is 13.0 Å². The highest BCUT2D eigenvalue weighted by atomic mass is 35.5. The third-order valence-corrected chi connectivity index (χ3v) is 6.82. The normalized spacial score (nSPS) is 17.3. The number of carbonyl (C=O) groups is 2. The third-order valence-electron chi connectivity index (χ3n) is 6.45. The number of amides is 1. The fraction of sp³-hybridized carbons (Fsp3) is 0.423. The number of alkyl carbamates (subject to hydrolysis) is 1. The van der Waals surface area contributed by atoms with E-state index in [4.69, 9.17) is 21.1 Å². The highest BCUT2D eigenvalue weighted by Gasteiger charge is 2.28. The number of nitrogens with zero attached hydrogens (tertiary/aromatic N) is 4. The van der Waals surface area contributed by atoms with Gasteiger partial charge in [0.2, 0.25) is 0 Å². The van der Waals surface area contributed by atoms with Crippen LogP contribution in [0.15, 0.2) is 36.4 Å². The van der Waals surface area contributed by atoms with Gasteiger partial charge in [0.05, 0.1) is 42.3 Å². The lowest BCUT2D eigenvalue weighted by molar-refractivity contribution is -0.143. The minimum atomic E-state index is -0.772. The van der Waals surface area contributed by atoms with Gasteiger partial charge >= 0.3 is 12.1 Å². The van der Waals surface area contributed by atoms with E-state index in [1.54, 1.807) is 23.9 Å². The zero-order chi connectivity index (χ0) is 26.4. The van der Waals surface area contributed by atoms with Crippen LogP contribution in [0.5, 0.6) is 5.75 Å². The van der Waals surface area contributed by atoms with Gasteiger partial charge in [-0.05, 0) is 56.4 Å². The number of carbonyl (C=O) groups excluding carboxylic acids is 1. The predicted octanol–water partition coefficient (Wildman–Crippen LogP) is 4.33. The number of hydrogen-bond acceptors (Lipinski definition) is 7. The van der Waals surface area contributed by atoms with E-state index < -0.39 is 12.1 Å². The Morgan fingerprint density at radius 3 is 2.78 bits per heavy atom. The van der Waals surface area contributed by atoms with E-state index in [9.17, 15) is 14.7 Å². The molecule has 1 aliphatic carbocycles. The number of rotatable bonds is 9. The van der Waals surface area contributed by atoms with Crippen LogP contribution in [-0.2, 0) is 29.5 Å². The Labute approximate surface area is 219 Å². The molecule has 37 heavy (non-hydrogen) atoms. The molecule has 0 unspecified atom stereocenters. The van der Waals surface area contributed by atoms with Crippen molar-refractivity contribution in [1.29, 1.82) is 0 Å². The van der Waals surface area contributed by atoms with E-state index in [1.165, 1.54) is 0 Å². The second kappa shape index (κ2) is 12.1. The van der Waals surface area contributed by atoms with Crippen molar-refractivity contribution in [3.63, 3.8) is 0 Å². The molecule has 1 amide bonds. The number of benzene rings is 1. The molecule has 2 heterocycles. The summed E-state index contributed by atoms with van der Waals surface area (Å²) in [4.78, 5) is 28.2. The second-order valence-electron chi connectivity index (χ2n) is 9.06. The van der Waals surface area contributed by atoms with Crippen LogP contribution in [0.3, 0.4) is 0 Å². The van der Waals surface area contributed by atoms with Crippen LogP contribution in [0.25, 0.3) is 11.4 Å². The summed E-state index contributed by atoms with van der Waals surface area (Å²) in [5.41, 5.74) is 3.37. The van der Waals surface area contributed by atoms with Crippen LogP contribution in [0.2, 0.25) is 5.02 Å². The number of nitrogens with one attached hydrogen (secondary N) is 1. The van der Waals surface area contributed by atoms with E-state index in [0.717, 1.165) is 18.4 Å². The van der Waals surface area contributed by atoms with Crippen molar-refractivity contribution in [2.45, 2.75) is 51.7 Å². The zero-order valence-electron chi connectivity index (χ0n) is 20.8. The molecule has 0 aliphatic heterocycles. The van der Waals surface area contributed by atoms with Crippen molar-refractivity contribution in [3.05, 3.63) is 58.4 Å². The Hall–Kier alpha value is -3.66. The van der Waals surface area contributed by atoms with Gasteiger partial charge in [0.25, 0.3) is 0 Å². The van der Waals surface area contributed by atoms with Crippen LogP contribution < -0.4 is 10.1 Å². The molecule has 1 saturated carbocycles. The number of hydrogen-bond donors (Lipinski definition) is 2. The van der Waals surface area contributed by atoms with Gasteiger partial charge in [0.15, 0.2) is 0 Å². The molecule has 0 radical (unpaired) electrons. The minimum Gasteiger partial charge on any atom is -0.489 e. The third kappa shape index (κ3) is 6.76. The monoisotopic (exact) mass is 527 g/mol. The van der Waals surface area contributed by atoms with E-state index in [0.29, 0.717) is 52.8 Å². The number of aliphatic carboxylic acids is 1. The number of ether oxygens (including phenoxy) is 2.